The highest BCUT2D eigenvalue weighted by Gasteiger charge is 2.27. The zero-order valence-electron chi connectivity index (χ0n) is 29.4. The Balaban J connectivity index is 1.07. The van der Waals surface area contributed by atoms with Gasteiger partial charge in [0.1, 0.15) is 0 Å². The number of aromatic nitrogens is 2. The predicted molar refractivity (Wildman–Crippen MR) is 228 cm³/mol. The highest BCUT2D eigenvalue weighted by Crippen LogP contribution is 2.52. The van der Waals surface area contributed by atoms with Crippen LogP contribution in [-0.4, -0.2) is 9.13 Å². The summed E-state index contributed by atoms with van der Waals surface area (Å²) in [5, 5.41) is 7.70. The molecule has 0 radical (unpaired) electrons. The largest absolute Gasteiger partial charge is 0.309 e. The maximum Gasteiger partial charge on any atom is 0.0625 e. The molecule has 0 saturated carbocycles. The van der Waals surface area contributed by atoms with Gasteiger partial charge in [-0.25, -0.2) is 0 Å². The molecule has 1 aliphatic carbocycles. The van der Waals surface area contributed by atoms with Crippen LogP contribution in [0.2, 0.25) is 0 Å². The first-order chi connectivity index (χ1) is 26.8. The maximum atomic E-state index is 2.49. The second-order valence-electron chi connectivity index (χ2n) is 14.5. The molecule has 0 spiro atoms. The van der Waals surface area contributed by atoms with Gasteiger partial charge in [-0.2, -0.15) is 0 Å². The van der Waals surface area contributed by atoms with Crippen LogP contribution in [0.3, 0.4) is 0 Å². The van der Waals surface area contributed by atoms with Gasteiger partial charge < -0.3 is 9.13 Å². The molecule has 0 bridgehead atoms. The summed E-state index contributed by atoms with van der Waals surface area (Å²) < 4.78 is 4.92. The lowest BCUT2D eigenvalue weighted by atomic mass is 10.0. The van der Waals surface area contributed by atoms with Gasteiger partial charge in [0.15, 0.2) is 0 Å². The van der Waals surface area contributed by atoms with E-state index in [0.717, 1.165) is 11.4 Å². The standard InChI is InChI=1S/C52H32N2/c1-3-11-33(12-4-1)36-21-29-48-45(31-36)46-32-37(34-13-5-2-6-14-34)22-30-49(46)53(48)38-23-25-39(26-24-38)54-47-20-8-7-17-40(47)43-28-27-42-41-18-9-15-35-16-10-19-44(50(35)41)51(42)52(43)54/h1-32H. The minimum atomic E-state index is 1.14. The average molecular weight is 685 g/mol. The van der Waals surface area contributed by atoms with E-state index in [2.05, 4.69) is 203 Å². The quantitative estimate of drug-likeness (QED) is 0.175. The van der Waals surface area contributed by atoms with Crippen molar-refractivity contribution in [3.63, 3.8) is 0 Å². The van der Waals surface area contributed by atoms with E-state index in [0.29, 0.717) is 0 Å². The van der Waals surface area contributed by atoms with Gasteiger partial charge in [-0.05, 0) is 104 Å². The van der Waals surface area contributed by atoms with Crippen LogP contribution in [0, 0.1) is 0 Å². The van der Waals surface area contributed by atoms with Crippen molar-refractivity contribution in [2.45, 2.75) is 0 Å². The Morgan fingerprint density at radius 1 is 0.296 bits per heavy atom. The Morgan fingerprint density at radius 3 is 1.50 bits per heavy atom. The van der Waals surface area contributed by atoms with E-state index in [-0.39, 0.29) is 0 Å². The average Bonchev–Trinajstić information content (AvgIpc) is 3.88. The van der Waals surface area contributed by atoms with E-state index in [1.807, 2.05) is 0 Å². The van der Waals surface area contributed by atoms with Gasteiger partial charge in [0, 0.05) is 38.5 Å². The summed E-state index contributed by atoms with van der Waals surface area (Å²) in [6.45, 7) is 0. The van der Waals surface area contributed by atoms with E-state index in [1.54, 1.807) is 0 Å². The van der Waals surface area contributed by atoms with Crippen LogP contribution < -0.4 is 0 Å². The van der Waals surface area contributed by atoms with Crippen molar-refractivity contribution in [3.8, 4) is 55.9 Å². The highest BCUT2D eigenvalue weighted by atomic mass is 15.0. The molecule has 0 atom stereocenters. The lowest BCUT2D eigenvalue weighted by Gasteiger charge is -2.14. The fourth-order valence-electron chi connectivity index (χ4n) is 9.27. The number of nitrogens with zero attached hydrogens (tertiary/aromatic N) is 2. The summed E-state index contributed by atoms with van der Waals surface area (Å²) in [6.07, 6.45) is 0. The molecule has 1 aliphatic rings. The summed E-state index contributed by atoms with van der Waals surface area (Å²) in [6, 6.07) is 71.4. The second-order valence-corrected chi connectivity index (χ2v) is 14.5. The molecule has 12 rings (SSSR count). The number of benzene rings is 9. The summed E-state index contributed by atoms with van der Waals surface area (Å²) in [5.41, 5.74) is 17.3. The third-order valence-electron chi connectivity index (χ3n) is 11.6. The van der Waals surface area contributed by atoms with Crippen LogP contribution in [0.1, 0.15) is 0 Å². The zero-order chi connectivity index (χ0) is 35.3. The Labute approximate surface area is 312 Å². The Hall–Kier alpha value is -7.16. The molecule has 0 aliphatic heterocycles. The van der Waals surface area contributed by atoms with Gasteiger partial charge in [-0.1, -0.05) is 140 Å². The minimum absolute atomic E-state index is 1.14. The molecular formula is C52H32N2. The second kappa shape index (κ2) is 11.2. The summed E-state index contributed by atoms with van der Waals surface area (Å²) in [5.74, 6) is 0. The van der Waals surface area contributed by atoms with E-state index >= 15 is 0 Å². The van der Waals surface area contributed by atoms with Crippen LogP contribution >= 0.6 is 0 Å². The Kier molecular flexibility index (Phi) is 6.09. The molecule has 9 aromatic carbocycles. The first-order valence-electron chi connectivity index (χ1n) is 18.7. The zero-order valence-corrected chi connectivity index (χ0v) is 29.4. The number of para-hydroxylation sites is 1. The molecule has 0 N–H and O–H groups in total. The summed E-state index contributed by atoms with van der Waals surface area (Å²) >= 11 is 0. The van der Waals surface area contributed by atoms with Gasteiger partial charge in [-0.3, -0.25) is 0 Å². The first kappa shape index (κ1) is 29.4. The predicted octanol–water partition coefficient (Wildman–Crippen LogP) is 14.0. The van der Waals surface area contributed by atoms with E-state index in [4.69, 9.17) is 0 Å². The van der Waals surface area contributed by atoms with Crippen molar-refractivity contribution >= 4 is 54.4 Å². The molecule has 2 aromatic heterocycles. The maximum absolute atomic E-state index is 2.49. The molecule has 2 heterocycles. The topological polar surface area (TPSA) is 9.86 Å². The van der Waals surface area contributed by atoms with Crippen molar-refractivity contribution in [3.05, 3.63) is 194 Å². The van der Waals surface area contributed by atoms with Crippen LogP contribution in [0.4, 0.5) is 0 Å². The number of hydrogen-bond acceptors (Lipinski definition) is 0. The minimum Gasteiger partial charge on any atom is -0.309 e. The SMILES string of the molecule is c1ccc(-c2ccc3c(c2)c2cc(-c4ccccc4)ccc2n3-c2ccc(-n3c4ccccc4c4ccc5c(c43)-c3cccc4cccc-5c34)cc2)cc1. The number of hydrogen-bond donors (Lipinski definition) is 0. The normalized spacial score (nSPS) is 12.1. The lowest BCUT2D eigenvalue weighted by Crippen LogP contribution is -1.98. The number of fused-ring (bicyclic) bond motifs is 10. The van der Waals surface area contributed by atoms with Gasteiger partial charge in [0.05, 0.1) is 22.1 Å². The van der Waals surface area contributed by atoms with Gasteiger partial charge in [-0.15, -0.1) is 0 Å². The lowest BCUT2D eigenvalue weighted by molar-refractivity contribution is 1.15. The van der Waals surface area contributed by atoms with E-state index < -0.39 is 0 Å². The Bertz CT molecular complexity index is 3190. The van der Waals surface area contributed by atoms with Crippen molar-refractivity contribution in [1.82, 2.24) is 9.13 Å². The molecule has 11 aromatic rings. The third kappa shape index (κ3) is 4.11. The van der Waals surface area contributed by atoms with Crippen molar-refractivity contribution in [2.75, 3.05) is 0 Å². The number of rotatable bonds is 4. The molecule has 2 nitrogen and oxygen atoms in total. The first-order valence-corrected chi connectivity index (χ1v) is 18.7. The summed E-state index contributed by atoms with van der Waals surface area (Å²) in [7, 11) is 0. The molecule has 0 unspecified atom stereocenters. The molecular weight excluding hydrogens is 653 g/mol. The highest BCUT2D eigenvalue weighted by molar-refractivity contribution is 6.24. The van der Waals surface area contributed by atoms with Crippen LogP contribution in [0.5, 0.6) is 0 Å². The fraction of sp³-hybridized carbons (Fsp3) is 0. The van der Waals surface area contributed by atoms with Crippen molar-refractivity contribution < 1.29 is 0 Å². The monoisotopic (exact) mass is 684 g/mol. The van der Waals surface area contributed by atoms with Crippen molar-refractivity contribution in [2.24, 2.45) is 0 Å². The van der Waals surface area contributed by atoms with Gasteiger partial charge in [0.2, 0.25) is 0 Å². The van der Waals surface area contributed by atoms with Crippen LogP contribution in [0.15, 0.2) is 194 Å². The molecule has 0 fully saturated rings. The Morgan fingerprint density at radius 2 is 0.852 bits per heavy atom. The summed E-state index contributed by atoms with van der Waals surface area (Å²) in [4.78, 5) is 0. The molecule has 250 valence electrons. The molecule has 54 heavy (non-hydrogen) atoms. The smallest absolute Gasteiger partial charge is 0.0625 e. The van der Waals surface area contributed by atoms with Crippen LogP contribution in [-0.2, 0) is 0 Å². The van der Waals surface area contributed by atoms with Gasteiger partial charge in [0.25, 0.3) is 0 Å². The van der Waals surface area contributed by atoms with Crippen LogP contribution in [0.25, 0.3) is 110 Å². The fourth-order valence-corrected chi connectivity index (χ4v) is 9.27. The molecule has 0 amide bonds. The molecule has 0 saturated heterocycles. The van der Waals surface area contributed by atoms with Gasteiger partial charge >= 0.3 is 0 Å². The van der Waals surface area contributed by atoms with Crippen molar-refractivity contribution in [1.29, 1.82) is 0 Å². The van der Waals surface area contributed by atoms with E-state index in [1.165, 1.54) is 98.9 Å². The molecule has 2 heteroatoms. The third-order valence-corrected chi connectivity index (χ3v) is 11.6. The van der Waals surface area contributed by atoms with E-state index in [9.17, 15) is 0 Å².